The Kier molecular flexibility index (Phi) is 35.2. The molecule has 0 spiro atoms. The van der Waals surface area contributed by atoms with Crippen molar-refractivity contribution in [1.82, 2.24) is 46.0 Å². The van der Waals surface area contributed by atoms with Crippen molar-refractivity contribution in [2.24, 2.45) is 10.9 Å². The first-order chi connectivity index (χ1) is 53.1. The fourth-order valence-corrected chi connectivity index (χ4v) is 17.7. The largest absolute Gasteiger partial charge is 0.490 e. The number of nitrogens with two attached hydrogens (primary N) is 1. The number of nitrogens with one attached hydrogen (secondary N) is 5. The van der Waals surface area contributed by atoms with E-state index in [0.29, 0.717) is 36.6 Å². The van der Waals surface area contributed by atoms with Gasteiger partial charge in [-0.05, 0) is 98.4 Å². The number of aromatic nitrogens is 3. The molecule has 3 heterocycles. The van der Waals surface area contributed by atoms with Gasteiger partial charge in [0.15, 0.2) is 0 Å². The molecule has 2 aromatic carbocycles. The molecule has 0 bridgehead atoms. The van der Waals surface area contributed by atoms with Gasteiger partial charge in [0.25, 0.3) is 5.91 Å². The highest BCUT2D eigenvalue weighted by atomic mass is 33.1. The van der Waals surface area contributed by atoms with Gasteiger partial charge in [-0.3, -0.25) is 47.9 Å². The standard InChI is InChI=1S/C70H94N11O26P3S2/c1-6-13-43-32-45-33-46-34-52(72-7-2)42(4)31-50(46)64(49(45)30-41(43)3)47-15-8-9-16-48(47)69(92)80(5)23-11-18-57(83)74-22-25-103-27-26-102-24-19-59(85)77-51(67(90)78-53(35-61(86)87)68(91)79-54(70(93)94)36-62(88)89)17-12-28-111-112-29-20-58(84)73-21-10-14-44-38-81(66-63(44)65(71)75-40-76-66)60-37-55(82)56(105-60)39-104-109(98,99)107-110(100,101)106-108(95,96)97/h8-9,15-16,30-32,34,38,40,50-51,53-56,60,64,82H,6-7,11-13,17-29,33,35-37,39H2,1-5H3,(H,73,84)(H,74,83)(H,77,85)(H,78,90)(H,79,91)(H,86,87)(H,88,89)(H,93,94)(H,98,99)(H,100,101)(H2,71,75,76)(H2,95,96,97)/b72-52+/t50?,51?,53?,54?,55?,56-,60-,64?/m1/s1. The fourth-order valence-electron chi connectivity index (χ4n) is 12.6. The number of nitrogens with zero attached hydrogens (tertiary/aromatic N) is 5. The number of rotatable bonds is 45. The van der Waals surface area contributed by atoms with Crippen molar-refractivity contribution < 1.29 is 124 Å². The van der Waals surface area contributed by atoms with Crippen LogP contribution in [0.15, 0.2) is 77.2 Å². The van der Waals surface area contributed by atoms with Crippen LogP contribution in [0, 0.1) is 24.7 Å². The van der Waals surface area contributed by atoms with E-state index >= 15 is 0 Å². The van der Waals surface area contributed by atoms with Gasteiger partial charge in [-0.15, -0.1) is 0 Å². The maximum atomic E-state index is 14.4. The summed E-state index contributed by atoms with van der Waals surface area (Å²) >= 11 is 0. The summed E-state index contributed by atoms with van der Waals surface area (Å²) in [6, 6.07) is 7.19. The lowest BCUT2D eigenvalue weighted by atomic mass is 9.65. The second-order valence-electron chi connectivity index (χ2n) is 26.2. The predicted octanol–water partition coefficient (Wildman–Crippen LogP) is 4.52. The SMILES string of the molecule is CCCc1cc2c(cc1C)C(c1ccccc1C(=O)N(C)CCCC(=O)NCCOCCOCCC(=O)NC(CCCSSCCC(=O)NCC#Cc1cn([C@H]3CC(O)[C@@H](COP(=O)(O)OP(=O)(O)OP(=O)(O)O)O3)c3ncnc(N)c13)C(=O)NC(CC(=O)O)C(=O)NC(CC(=O)O)C(=O)O)C1C=C(C)/C(=N/CC)C=C1C2. The van der Waals surface area contributed by atoms with E-state index < -0.39 is 121 Å². The van der Waals surface area contributed by atoms with Crippen molar-refractivity contribution in [2.45, 2.75) is 147 Å². The average Bonchev–Trinajstić information content (AvgIpc) is 0.973. The highest BCUT2D eigenvalue weighted by Crippen LogP contribution is 2.66. The zero-order valence-corrected chi connectivity index (χ0v) is 66.4. The van der Waals surface area contributed by atoms with Crippen LogP contribution in [-0.4, -0.2) is 227 Å². The summed E-state index contributed by atoms with van der Waals surface area (Å²) in [5.74, 6) is -2.46. The molecule has 612 valence electrons. The molecule has 6 amide bonds. The number of anilines is 1. The minimum absolute atomic E-state index is 0.00464. The summed E-state index contributed by atoms with van der Waals surface area (Å²) in [7, 11) is -12.7. The summed E-state index contributed by atoms with van der Waals surface area (Å²) in [5, 5.41) is 51.4. The molecule has 7 rings (SSSR count). The number of benzene rings is 2. The number of aliphatic hydroxyl groups excluding tert-OH is 1. The summed E-state index contributed by atoms with van der Waals surface area (Å²) < 4.78 is 65.5. The van der Waals surface area contributed by atoms with Crippen LogP contribution >= 0.6 is 45.1 Å². The number of allylic oxidation sites excluding steroid dienone is 4. The monoisotopic (exact) mass is 1660 g/mol. The molecule has 4 aromatic rings. The third-order valence-electron chi connectivity index (χ3n) is 17.7. The minimum atomic E-state index is -5.81. The van der Waals surface area contributed by atoms with Gasteiger partial charge < -0.3 is 96.0 Å². The van der Waals surface area contributed by atoms with E-state index in [9.17, 15) is 87.1 Å². The lowest BCUT2D eigenvalue weighted by Gasteiger charge is -2.38. The second-order valence-corrected chi connectivity index (χ2v) is 33.3. The Bertz CT molecular complexity index is 4390. The van der Waals surface area contributed by atoms with Gasteiger partial charge in [0.2, 0.25) is 29.5 Å². The number of carbonyl (C=O) groups is 9. The number of carboxylic acid groups (broad SMARTS) is 3. The van der Waals surface area contributed by atoms with E-state index in [1.54, 1.807) is 11.9 Å². The van der Waals surface area contributed by atoms with E-state index in [0.717, 1.165) is 42.4 Å². The Morgan fingerprint density at radius 3 is 2.20 bits per heavy atom. The van der Waals surface area contributed by atoms with Crippen molar-refractivity contribution >= 4 is 121 Å². The first kappa shape index (κ1) is 90.9. The molecule has 8 unspecified atom stereocenters. The van der Waals surface area contributed by atoms with Crippen LogP contribution in [0.25, 0.3) is 11.0 Å². The third-order valence-corrected chi connectivity index (χ3v) is 24.0. The van der Waals surface area contributed by atoms with E-state index in [-0.39, 0.29) is 124 Å². The van der Waals surface area contributed by atoms with Crippen molar-refractivity contribution in [3.05, 3.63) is 111 Å². The van der Waals surface area contributed by atoms with E-state index in [4.69, 9.17) is 34.7 Å². The van der Waals surface area contributed by atoms with Gasteiger partial charge in [0.05, 0.1) is 75.2 Å². The number of aliphatic imine (C=N–C) groups is 1. The van der Waals surface area contributed by atoms with Gasteiger partial charge in [0.1, 0.15) is 48.2 Å². The number of phosphoric acid groups is 3. The Hall–Kier alpha value is -8.25. The predicted molar refractivity (Wildman–Crippen MR) is 409 cm³/mol. The van der Waals surface area contributed by atoms with Gasteiger partial charge >= 0.3 is 41.4 Å². The number of carbonyl (C=O) groups excluding carboxylic acids is 6. The Morgan fingerprint density at radius 1 is 0.804 bits per heavy atom. The van der Waals surface area contributed by atoms with Crippen molar-refractivity contribution in [3.63, 3.8) is 0 Å². The van der Waals surface area contributed by atoms with Crippen LogP contribution < -0.4 is 32.3 Å². The lowest BCUT2D eigenvalue weighted by Crippen LogP contribution is -2.56. The number of aryl methyl sites for hydroxylation is 2. The topological polar surface area (TPSA) is 555 Å². The number of nitrogen functional groups attached to an aromatic ring is 1. The number of ether oxygens (including phenoxy) is 3. The molecule has 0 radical (unpaired) electrons. The number of carboxylic acids is 3. The molecule has 0 saturated carbocycles. The molecule has 10 atom stereocenters. The Morgan fingerprint density at radius 2 is 1.49 bits per heavy atom. The molecule has 1 saturated heterocycles. The fraction of sp³-hybridized carbons (Fsp3) is 0.514. The molecule has 1 fully saturated rings. The summed E-state index contributed by atoms with van der Waals surface area (Å²) in [5.41, 5.74) is 16.6. The highest BCUT2D eigenvalue weighted by molar-refractivity contribution is 8.76. The van der Waals surface area contributed by atoms with Crippen molar-refractivity contribution in [2.75, 3.05) is 83.5 Å². The van der Waals surface area contributed by atoms with Crippen LogP contribution in [0.1, 0.15) is 141 Å². The number of hydrogen-bond donors (Lipinski definition) is 14. The quantitative estimate of drug-likeness (QED) is 0.0125. The van der Waals surface area contributed by atoms with Gasteiger partial charge in [-0.1, -0.05) is 88.8 Å². The summed E-state index contributed by atoms with van der Waals surface area (Å²) in [4.78, 5) is 167. The molecular formula is C70H94N11O26P3S2. The van der Waals surface area contributed by atoms with Crippen LogP contribution in [-0.2, 0) is 92.2 Å². The normalized spacial score (nSPS) is 18.8. The Labute approximate surface area is 652 Å². The van der Waals surface area contributed by atoms with Gasteiger partial charge in [-0.25, -0.2) is 28.5 Å². The molecule has 112 heavy (non-hydrogen) atoms. The number of aliphatic hydroxyl groups is 1. The summed E-state index contributed by atoms with van der Waals surface area (Å²) in [6.07, 6.45) is 4.34. The van der Waals surface area contributed by atoms with Crippen LogP contribution in [0.3, 0.4) is 0 Å². The van der Waals surface area contributed by atoms with E-state index in [1.807, 2.05) is 30.4 Å². The average molecular weight is 1660 g/mol. The lowest BCUT2D eigenvalue weighted by molar-refractivity contribution is -0.148. The number of fused-ring (bicyclic) bond motifs is 3. The number of phosphoric ester groups is 1. The number of hydrogen-bond acceptors (Lipinski definition) is 25. The molecular weight excluding hydrogens is 1570 g/mol. The minimum Gasteiger partial charge on any atom is -0.481 e. The smallest absolute Gasteiger partial charge is 0.481 e. The molecule has 2 aromatic heterocycles. The van der Waals surface area contributed by atoms with Gasteiger partial charge in [-0.2, -0.15) is 8.62 Å². The van der Waals surface area contributed by atoms with Crippen molar-refractivity contribution in [1.29, 1.82) is 0 Å². The second kappa shape index (κ2) is 43.3. The van der Waals surface area contributed by atoms with E-state index in [1.165, 1.54) is 60.2 Å². The molecule has 42 heteroatoms. The van der Waals surface area contributed by atoms with Crippen LogP contribution in [0.4, 0.5) is 5.82 Å². The summed E-state index contributed by atoms with van der Waals surface area (Å²) in [6.45, 7) is 8.68. The van der Waals surface area contributed by atoms with Crippen LogP contribution in [0.5, 0.6) is 0 Å². The molecule has 3 aliphatic rings. The molecule has 1 aliphatic heterocycles. The van der Waals surface area contributed by atoms with E-state index in [2.05, 4.69) is 107 Å². The molecule has 2 aliphatic carbocycles. The highest BCUT2D eigenvalue weighted by Gasteiger charge is 2.44. The zero-order chi connectivity index (χ0) is 82.0. The number of aliphatic carboxylic acids is 3. The maximum absolute atomic E-state index is 14.4. The third kappa shape index (κ3) is 28.1. The number of amides is 6. The van der Waals surface area contributed by atoms with Crippen LogP contribution in [0.2, 0.25) is 0 Å². The first-order valence-corrected chi connectivity index (χ1v) is 42.7. The first-order valence-electron chi connectivity index (χ1n) is 35.7. The molecule has 15 N–H and O–H groups in total. The molecule has 37 nitrogen and oxygen atoms in total. The zero-order valence-electron chi connectivity index (χ0n) is 62.1. The van der Waals surface area contributed by atoms with Crippen molar-refractivity contribution in [3.8, 4) is 11.8 Å². The maximum Gasteiger partial charge on any atom is 0.490 e. The Balaban J connectivity index is 0.829. The van der Waals surface area contributed by atoms with Gasteiger partial charge in [0, 0.05) is 87.5 Å².